The zero-order chi connectivity index (χ0) is 13.1. The summed E-state index contributed by atoms with van der Waals surface area (Å²) in [5.41, 5.74) is 1.37. The lowest BCUT2D eigenvalue weighted by molar-refractivity contribution is -0.107. The summed E-state index contributed by atoms with van der Waals surface area (Å²) in [6, 6.07) is 19.2. The number of aryl methyl sites for hydroxylation is 1. The molecule has 0 aliphatic rings. The highest BCUT2D eigenvalue weighted by Gasteiger charge is 2.06. The van der Waals surface area contributed by atoms with Gasteiger partial charge in [0.2, 0.25) is 0 Å². The van der Waals surface area contributed by atoms with Crippen LogP contribution in [0.2, 0.25) is 0 Å². The minimum Gasteiger partial charge on any atom is -0.303 e. The molecule has 3 rings (SSSR count). The van der Waals surface area contributed by atoms with E-state index in [1.54, 1.807) is 0 Å². The summed E-state index contributed by atoms with van der Waals surface area (Å²) in [5, 5.41) is 5.18. The van der Waals surface area contributed by atoms with Crippen LogP contribution in [0, 0.1) is 0 Å². The fraction of sp³-hybridized carbons (Fsp3) is 0.167. The molecule has 0 aliphatic carbocycles. The summed E-state index contributed by atoms with van der Waals surface area (Å²) in [7, 11) is 0. The van der Waals surface area contributed by atoms with E-state index < -0.39 is 0 Å². The number of fused-ring (bicyclic) bond motifs is 2. The van der Waals surface area contributed by atoms with E-state index >= 15 is 0 Å². The largest absolute Gasteiger partial charge is 0.303 e. The Bertz CT molecular complexity index is 674. The van der Waals surface area contributed by atoms with Crippen molar-refractivity contribution in [3.63, 3.8) is 0 Å². The van der Waals surface area contributed by atoms with Crippen molar-refractivity contribution in [2.45, 2.75) is 19.3 Å². The second-order valence-corrected chi connectivity index (χ2v) is 4.86. The third-order valence-electron chi connectivity index (χ3n) is 3.63. The van der Waals surface area contributed by atoms with Gasteiger partial charge in [-0.1, -0.05) is 48.5 Å². The van der Waals surface area contributed by atoms with Crippen molar-refractivity contribution in [2.75, 3.05) is 0 Å². The smallest absolute Gasteiger partial charge is 0.120 e. The molecule has 19 heavy (non-hydrogen) atoms. The van der Waals surface area contributed by atoms with Gasteiger partial charge < -0.3 is 4.79 Å². The lowest BCUT2D eigenvalue weighted by atomic mass is 9.94. The second-order valence-electron chi connectivity index (χ2n) is 4.86. The number of hydrogen-bond donors (Lipinski definition) is 0. The fourth-order valence-electron chi connectivity index (χ4n) is 2.74. The number of rotatable bonds is 4. The van der Waals surface area contributed by atoms with Crippen LogP contribution in [0.5, 0.6) is 0 Å². The van der Waals surface area contributed by atoms with Crippen molar-refractivity contribution in [2.24, 2.45) is 0 Å². The Morgan fingerprint density at radius 2 is 1.42 bits per heavy atom. The van der Waals surface area contributed by atoms with Gasteiger partial charge in [-0.15, -0.1) is 0 Å². The van der Waals surface area contributed by atoms with Gasteiger partial charge in [-0.3, -0.25) is 0 Å². The van der Waals surface area contributed by atoms with Crippen molar-refractivity contribution in [1.82, 2.24) is 0 Å². The first-order valence-electron chi connectivity index (χ1n) is 6.73. The minimum atomic E-state index is 0.636. The molecular weight excluding hydrogens is 232 g/mol. The average Bonchev–Trinajstić information content (AvgIpc) is 2.46. The highest BCUT2D eigenvalue weighted by Crippen LogP contribution is 2.29. The highest BCUT2D eigenvalue weighted by atomic mass is 16.1. The standard InChI is InChI=1S/C18H16O/c19-12-6-5-11-18-16-9-3-1-7-14(16)13-15-8-2-4-10-17(15)18/h1-4,7-10,12-13H,5-6,11H2. The SMILES string of the molecule is O=CCCCc1c2ccccc2cc2ccccc12. The van der Waals surface area contributed by atoms with Crippen LogP contribution in [0.25, 0.3) is 21.5 Å². The third kappa shape index (κ3) is 2.24. The van der Waals surface area contributed by atoms with Crippen molar-refractivity contribution in [1.29, 1.82) is 0 Å². The lowest BCUT2D eigenvalue weighted by Gasteiger charge is -2.11. The Labute approximate surface area is 112 Å². The lowest BCUT2D eigenvalue weighted by Crippen LogP contribution is -1.91. The first-order valence-corrected chi connectivity index (χ1v) is 6.73. The molecule has 94 valence electrons. The first kappa shape index (κ1) is 11.9. The highest BCUT2D eigenvalue weighted by molar-refractivity contribution is 6.02. The predicted octanol–water partition coefficient (Wildman–Crippen LogP) is 4.51. The quantitative estimate of drug-likeness (QED) is 0.377. The molecule has 3 aromatic rings. The molecule has 3 aromatic carbocycles. The molecule has 0 bridgehead atoms. The maximum Gasteiger partial charge on any atom is 0.120 e. The van der Waals surface area contributed by atoms with Crippen LogP contribution in [-0.4, -0.2) is 6.29 Å². The maximum atomic E-state index is 10.5. The molecule has 0 saturated heterocycles. The topological polar surface area (TPSA) is 17.1 Å². The Kier molecular flexibility index (Phi) is 3.28. The van der Waals surface area contributed by atoms with Crippen LogP contribution in [-0.2, 0) is 11.2 Å². The van der Waals surface area contributed by atoms with Gasteiger partial charge in [0.15, 0.2) is 0 Å². The molecule has 0 aliphatic heterocycles. The first-order chi connectivity index (χ1) is 9.40. The van der Waals surface area contributed by atoms with Gasteiger partial charge in [0.05, 0.1) is 0 Å². The van der Waals surface area contributed by atoms with Crippen LogP contribution >= 0.6 is 0 Å². The Morgan fingerprint density at radius 1 is 0.842 bits per heavy atom. The average molecular weight is 248 g/mol. The second kappa shape index (κ2) is 5.23. The van der Waals surface area contributed by atoms with Crippen molar-refractivity contribution in [3.8, 4) is 0 Å². The number of aldehydes is 1. The van der Waals surface area contributed by atoms with Gasteiger partial charge in [-0.05, 0) is 46.0 Å². The molecule has 0 radical (unpaired) electrons. The molecule has 0 unspecified atom stereocenters. The van der Waals surface area contributed by atoms with Crippen LogP contribution in [0.1, 0.15) is 18.4 Å². The van der Waals surface area contributed by atoms with Crippen molar-refractivity contribution >= 4 is 27.8 Å². The number of carbonyl (C=O) groups is 1. The monoisotopic (exact) mass is 248 g/mol. The Morgan fingerprint density at radius 3 is 2.00 bits per heavy atom. The molecule has 0 N–H and O–H groups in total. The van der Waals surface area contributed by atoms with E-state index in [4.69, 9.17) is 0 Å². The van der Waals surface area contributed by atoms with Crippen molar-refractivity contribution in [3.05, 3.63) is 60.2 Å². The van der Waals surface area contributed by atoms with Crippen LogP contribution in [0.4, 0.5) is 0 Å². The summed E-state index contributed by atoms with van der Waals surface area (Å²) >= 11 is 0. The zero-order valence-corrected chi connectivity index (χ0v) is 10.8. The summed E-state index contributed by atoms with van der Waals surface area (Å²) < 4.78 is 0. The van der Waals surface area contributed by atoms with E-state index in [2.05, 4.69) is 54.6 Å². The van der Waals surface area contributed by atoms with E-state index in [9.17, 15) is 4.79 Å². The Hall–Kier alpha value is -2.15. The summed E-state index contributed by atoms with van der Waals surface area (Å²) in [4.78, 5) is 10.5. The zero-order valence-electron chi connectivity index (χ0n) is 10.8. The van der Waals surface area contributed by atoms with E-state index in [-0.39, 0.29) is 0 Å². The summed E-state index contributed by atoms with van der Waals surface area (Å²) in [6.45, 7) is 0. The predicted molar refractivity (Wildman–Crippen MR) is 80.5 cm³/mol. The van der Waals surface area contributed by atoms with E-state index in [1.807, 2.05) is 0 Å². The molecular formula is C18H16O. The number of hydrogen-bond acceptors (Lipinski definition) is 1. The van der Waals surface area contributed by atoms with Gasteiger partial charge in [-0.2, -0.15) is 0 Å². The van der Waals surface area contributed by atoms with Crippen LogP contribution in [0.15, 0.2) is 54.6 Å². The molecule has 0 heterocycles. The molecule has 1 heteroatoms. The van der Waals surface area contributed by atoms with E-state index in [0.29, 0.717) is 6.42 Å². The summed E-state index contributed by atoms with van der Waals surface area (Å²) in [6.07, 6.45) is 3.52. The fourth-order valence-corrected chi connectivity index (χ4v) is 2.74. The normalized spacial score (nSPS) is 10.9. The third-order valence-corrected chi connectivity index (χ3v) is 3.63. The molecule has 0 spiro atoms. The van der Waals surface area contributed by atoms with Gasteiger partial charge in [-0.25, -0.2) is 0 Å². The molecule has 0 saturated carbocycles. The van der Waals surface area contributed by atoms with E-state index in [0.717, 1.165) is 19.1 Å². The molecule has 0 aromatic heterocycles. The van der Waals surface area contributed by atoms with Crippen LogP contribution < -0.4 is 0 Å². The molecule has 0 fully saturated rings. The number of benzene rings is 3. The van der Waals surface area contributed by atoms with Gasteiger partial charge >= 0.3 is 0 Å². The minimum absolute atomic E-state index is 0.636. The van der Waals surface area contributed by atoms with Gasteiger partial charge in [0.25, 0.3) is 0 Å². The number of unbranched alkanes of at least 4 members (excludes halogenated alkanes) is 1. The van der Waals surface area contributed by atoms with Gasteiger partial charge in [0.1, 0.15) is 6.29 Å². The van der Waals surface area contributed by atoms with E-state index in [1.165, 1.54) is 27.1 Å². The summed E-state index contributed by atoms with van der Waals surface area (Å²) in [5.74, 6) is 0. The van der Waals surface area contributed by atoms with Gasteiger partial charge in [0, 0.05) is 6.42 Å². The van der Waals surface area contributed by atoms with Crippen molar-refractivity contribution < 1.29 is 4.79 Å². The Balaban J connectivity index is 2.23. The molecule has 0 amide bonds. The molecule has 0 atom stereocenters. The van der Waals surface area contributed by atoms with Crippen LogP contribution in [0.3, 0.4) is 0 Å². The number of carbonyl (C=O) groups excluding carboxylic acids is 1. The maximum absolute atomic E-state index is 10.5. The molecule has 1 nitrogen and oxygen atoms in total.